The van der Waals surface area contributed by atoms with Crippen molar-refractivity contribution in [2.45, 2.75) is 61.6 Å². The Morgan fingerprint density at radius 2 is 1.75 bits per heavy atom. The minimum absolute atomic E-state index is 0.102. The van der Waals surface area contributed by atoms with E-state index in [0.29, 0.717) is 43.0 Å². The van der Waals surface area contributed by atoms with E-state index in [-0.39, 0.29) is 29.9 Å². The molecule has 4 saturated carbocycles. The summed E-state index contributed by atoms with van der Waals surface area (Å²) in [7, 11) is 0. The predicted octanol–water partition coefficient (Wildman–Crippen LogP) is 3.29. The molecule has 6 nitrogen and oxygen atoms in total. The summed E-state index contributed by atoms with van der Waals surface area (Å²) in [5.41, 5.74) is -1.09. The number of carbonyl (C=O) groups is 2. The average Bonchev–Trinajstić information content (AvgIpc) is 2.66. The molecule has 0 saturated heterocycles. The maximum Gasteiger partial charge on any atom is 0.416 e. The van der Waals surface area contributed by atoms with Crippen LogP contribution >= 0.6 is 0 Å². The topological polar surface area (TPSA) is 80.3 Å². The van der Waals surface area contributed by atoms with Gasteiger partial charge in [-0.05, 0) is 43.5 Å². The molecule has 4 fully saturated rings. The van der Waals surface area contributed by atoms with E-state index < -0.39 is 29.4 Å². The summed E-state index contributed by atoms with van der Waals surface area (Å²) in [5, 5.41) is 6.18. The molecule has 1 heterocycles. The highest BCUT2D eigenvalue weighted by molar-refractivity contribution is 5.96. The molecule has 4 aliphatic carbocycles. The lowest BCUT2D eigenvalue weighted by molar-refractivity contribution is -0.148. The molecule has 170 valence electrons. The van der Waals surface area contributed by atoms with Crippen LogP contribution in [-0.2, 0) is 15.7 Å². The molecule has 32 heavy (non-hydrogen) atoms. The molecule has 6 rings (SSSR count). The number of pyridine rings is 1. The Hall–Kier alpha value is -2.75. The highest BCUT2D eigenvalue weighted by Crippen LogP contribution is 2.60. The fourth-order valence-corrected chi connectivity index (χ4v) is 4.95. The molecule has 2 amide bonds. The maximum absolute atomic E-state index is 12.8. The third kappa shape index (κ3) is 3.80. The second-order valence-corrected chi connectivity index (χ2v) is 9.20. The number of benzene rings is 1. The van der Waals surface area contributed by atoms with Gasteiger partial charge < -0.3 is 15.4 Å². The first kappa shape index (κ1) is 21.1. The molecule has 1 aromatic carbocycles. The largest absolute Gasteiger partial charge is 0.416 e. The highest BCUT2D eigenvalue weighted by Gasteiger charge is 2.69. The number of halogens is 4. The van der Waals surface area contributed by atoms with Gasteiger partial charge in [0.15, 0.2) is 0 Å². The summed E-state index contributed by atoms with van der Waals surface area (Å²) >= 11 is 0. The highest BCUT2D eigenvalue weighted by atomic mass is 19.4. The zero-order chi connectivity index (χ0) is 22.7. The van der Waals surface area contributed by atoms with Crippen LogP contribution in [0.4, 0.5) is 17.6 Å². The maximum atomic E-state index is 12.8. The van der Waals surface area contributed by atoms with E-state index in [2.05, 4.69) is 15.6 Å². The first-order valence-corrected chi connectivity index (χ1v) is 10.4. The summed E-state index contributed by atoms with van der Waals surface area (Å²) in [4.78, 5) is 28.9. The number of hydrogen-bond acceptors (Lipinski definition) is 4. The molecule has 2 bridgehead atoms. The number of rotatable bonds is 6. The fraction of sp³-hybridized carbons (Fsp3) is 0.500. The molecule has 4 aliphatic rings. The zero-order valence-electron chi connectivity index (χ0n) is 17.0. The van der Waals surface area contributed by atoms with Crippen molar-refractivity contribution in [1.29, 1.82) is 0 Å². The van der Waals surface area contributed by atoms with Gasteiger partial charge in [0, 0.05) is 29.3 Å². The van der Waals surface area contributed by atoms with E-state index >= 15 is 0 Å². The van der Waals surface area contributed by atoms with Gasteiger partial charge >= 0.3 is 6.18 Å². The SMILES string of the molecule is O=C(CO[C@H]1C[C@@H](F)C1)NC12CC(NC(=O)c3ccc4cc(C(F)(F)F)ccc4n3)(C1)C2. The van der Waals surface area contributed by atoms with Gasteiger partial charge in [0.25, 0.3) is 5.91 Å². The molecule has 0 radical (unpaired) electrons. The second-order valence-electron chi connectivity index (χ2n) is 9.20. The van der Waals surface area contributed by atoms with Crippen LogP contribution in [0.25, 0.3) is 10.9 Å². The van der Waals surface area contributed by atoms with Crippen molar-refractivity contribution in [1.82, 2.24) is 15.6 Å². The van der Waals surface area contributed by atoms with Crippen LogP contribution in [0.5, 0.6) is 0 Å². The Balaban J connectivity index is 1.14. The first-order chi connectivity index (χ1) is 15.0. The van der Waals surface area contributed by atoms with Gasteiger partial charge in [-0.3, -0.25) is 9.59 Å². The van der Waals surface area contributed by atoms with Crippen LogP contribution < -0.4 is 10.6 Å². The molecular formula is C22H21F4N3O3. The lowest BCUT2D eigenvalue weighted by atomic mass is 9.44. The molecule has 0 atom stereocenters. The summed E-state index contributed by atoms with van der Waals surface area (Å²) in [6.45, 7) is -0.102. The van der Waals surface area contributed by atoms with E-state index in [4.69, 9.17) is 4.74 Å². The minimum Gasteiger partial charge on any atom is -0.368 e. The minimum atomic E-state index is -4.44. The average molecular weight is 451 g/mol. The molecule has 2 N–H and O–H groups in total. The van der Waals surface area contributed by atoms with E-state index in [1.807, 2.05) is 0 Å². The van der Waals surface area contributed by atoms with Crippen molar-refractivity contribution in [3.8, 4) is 0 Å². The standard InChI is InChI=1S/C22H21F4N3O3/c23-14-6-15(7-14)32-8-18(30)28-20-9-21(10-20,11-20)29-19(31)17-3-1-12-5-13(22(24,25)26)2-4-16(12)27-17/h1-5,14-15H,6-11H2,(H,28,30)(H,29,31)/t14-,15+,20?,21?. The summed E-state index contributed by atoms with van der Waals surface area (Å²) in [5.74, 6) is -0.651. The number of amides is 2. The van der Waals surface area contributed by atoms with Crippen LogP contribution in [0.2, 0.25) is 0 Å². The van der Waals surface area contributed by atoms with E-state index in [9.17, 15) is 27.2 Å². The van der Waals surface area contributed by atoms with Crippen molar-refractivity contribution in [3.05, 3.63) is 41.6 Å². The number of nitrogens with one attached hydrogen (secondary N) is 2. The van der Waals surface area contributed by atoms with Crippen molar-refractivity contribution >= 4 is 22.7 Å². The molecular weight excluding hydrogens is 430 g/mol. The third-order valence-corrected chi connectivity index (χ3v) is 6.55. The predicted molar refractivity (Wildman–Crippen MR) is 106 cm³/mol. The van der Waals surface area contributed by atoms with Gasteiger partial charge in [-0.2, -0.15) is 13.2 Å². The Bertz CT molecular complexity index is 1080. The van der Waals surface area contributed by atoms with Gasteiger partial charge in [-0.25, -0.2) is 9.37 Å². The van der Waals surface area contributed by atoms with Crippen LogP contribution in [0, 0.1) is 0 Å². The van der Waals surface area contributed by atoms with Crippen molar-refractivity contribution in [2.75, 3.05) is 6.61 Å². The lowest BCUT2D eigenvalue weighted by Crippen LogP contribution is -2.84. The number of aromatic nitrogens is 1. The molecule has 0 aliphatic heterocycles. The first-order valence-electron chi connectivity index (χ1n) is 10.4. The van der Waals surface area contributed by atoms with Gasteiger partial charge in [-0.15, -0.1) is 0 Å². The van der Waals surface area contributed by atoms with E-state index in [1.54, 1.807) is 0 Å². The normalized spacial score (nSPS) is 30.6. The number of alkyl halides is 4. The van der Waals surface area contributed by atoms with Crippen LogP contribution in [-0.4, -0.2) is 46.8 Å². The molecule has 0 spiro atoms. The second kappa shape index (κ2) is 7.13. The Morgan fingerprint density at radius 1 is 1.06 bits per heavy atom. The van der Waals surface area contributed by atoms with Crippen LogP contribution in [0.15, 0.2) is 30.3 Å². The van der Waals surface area contributed by atoms with E-state index in [1.165, 1.54) is 18.2 Å². The summed E-state index contributed by atoms with van der Waals surface area (Å²) < 4.78 is 56.7. The number of nitrogens with zero attached hydrogens (tertiary/aromatic N) is 1. The molecule has 0 unspecified atom stereocenters. The third-order valence-electron chi connectivity index (χ3n) is 6.55. The van der Waals surface area contributed by atoms with Crippen LogP contribution in [0.3, 0.4) is 0 Å². The van der Waals surface area contributed by atoms with E-state index in [0.717, 1.165) is 12.1 Å². The molecule has 1 aromatic heterocycles. The smallest absolute Gasteiger partial charge is 0.368 e. The summed E-state index contributed by atoms with van der Waals surface area (Å²) in [6, 6.07) is 6.04. The van der Waals surface area contributed by atoms with Crippen LogP contribution in [0.1, 0.15) is 48.2 Å². The quantitative estimate of drug-likeness (QED) is 0.661. The molecule has 10 heteroatoms. The fourth-order valence-electron chi connectivity index (χ4n) is 4.95. The van der Waals surface area contributed by atoms with Gasteiger partial charge in [0.1, 0.15) is 18.5 Å². The van der Waals surface area contributed by atoms with Crippen molar-refractivity contribution < 1.29 is 31.9 Å². The number of carbonyl (C=O) groups excluding carboxylic acids is 2. The van der Waals surface area contributed by atoms with Gasteiger partial charge in [-0.1, -0.05) is 6.07 Å². The number of fused-ring (bicyclic) bond motifs is 1. The Morgan fingerprint density at radius 3 is 2.41 bits per heavy atom. The number of ether oxygens (including phenoxy) is 1. The zero-order valence-corrected chi connectivity index (χ0v) is 17.0. The summed E-state index contributed by atoms with van der Waals surface area (Å²) in [6.07, 6.45) is -3.02. The monoisotopic (exact) mass is 451 g/mol. The lowest BCUT2D eigenvalue weighted by Gasteiger charge is -2.70. The van der Waals surface area contributed by atoms with Gasteiger partial charge in [0.05, 0.1) is 17.2 Å². The molecule has 2 aromatic rings. The Kier molecular flexibility index (Phi) is 4.70. The van der Waals surface area contributed by atoms with Crippen molar-refractivity contribution in [2.24, 2.45) is 0 Å². The number of hydrogen-bond donors (Lipinski definition) is 2. The Labute approximate surface area is 180 Å². The van der Waals surface area contributed by atoms with Crippen molar-refractivity contribution in [3.63, 3.8) is 0 Å². The van der Waals surface area contributed by atoms with Gasteiger partial charge in [0.2, 0.25) is 5.91 Å².